The average Bonchev–Trinajstić information content (AvgIpc) is 2.37. The lowest BCUT2D eigenvalue weighted by Gasteiger charge is -1.99. The van der Waals surface area contributed by atoms with Crippen LogP contribution in [0.2, 0.25) is 0 Å². The van der Waals surface area contributed by atoms with Gasteiger partial charge in [0.2, 0.25) is 0 Å². The summed E-state index contributed by atoms with van der Waals surface area (Å²) >= 11 is 0. The van der Waals surface area contributed by atoms with E-state index < -0.39 is 12.1 Å². The van der Waals surface area contributed by atoms with E-state index in [2.05, 4.69) is 9.97 Å². The molecule has 0 atom stereocenters. The maximum absolute atomic E-state index is 10.6. The third kappa shape index (κ3) is 4.41. The Morgan fingerprint density at radius 2 is 2.00 bits per heavy atom. The summed E-state index contributed by atoms with van der Waals surface area (Å²) in [4.78, 5) is 16.9. The van der Waals surface area contributed by atoms with Gasteiger partial charge in [0, 0.05) is 11.6 Å². The van der Waals surface area contributed by atoms with E-state index in [9.17, 15) is 13.2 Å². The van der Waals surface area contributed by atoms with Crippen LogP contribution in [0.25, 0.3) is 10.9 Å². The molecule has 5 nitrogen and oxygen atoms in total. The van der Waals surface area contributed by atoms with Gasteiger partial charge in [0.05, 0.1) is 12.6 Å². The fraction of sp³-hybridized carbons (Fsp3) is 0.182. The lowest BCUT2D eigenvalue weighted by atomic mass is 10.2. The lowest BCUT2D eigenvalue weighted by Crippen LogP contribution is -2.21. The summed E-state index contributed by atoms with van der Waals surface area (Å²) in [5, 5.41) is 8.12. The van der Waals surface area contributed by atoms with Crippen LogP contribution in [0.4, 0.5) is 13.2 Å². The molecule has 1 aromatic heterocycles. The normalized spacial score (nSPS) is 10.5. The summed E-state index contributed by atoms with van der Waals surface area (Å²) in [6, 6.07) is 5.71. The Morgan fingerprint density at radius 3 is 2.53 bits per heavy atom. The summed E-state index contributed by atoms with van der Waals surface area (Å²) in [5.41, 5.74) is 0.936. The highest BCUT2D eigenvalue weighted by Crippen LogP contribution is 2.17. The third-order valence-corrected chi connectivity index (χ3v) is 1.95. The largest absolute Gasteiger partial charge is 0.497 e. The van der Waals surface area contributed by atoms with Crippen molar-refractivity contribution in [3.8, 4) is 5.75 Å². The molecule has 0 aliphatic rings. The molecule has 0 aliphatic carbocycles. The maximum atomic E-state index is 10.6. The quantitative estimate of drug-likeness (QED) is 0.863. The van der Waals surface area contributed by atoms with Crippen LogP contribution in [-0.2, 0) is 4.79 Å². The minimum absolute atomic E-state index is 0.831. The van der Waals surface area contributed by atoms with Gasteiger partial charge < -0.3 is 9.84 Å². The van der Waals surface area contributed by atoms with Crippen molar-refractivity contribution in [2.75, 3.05) is 7.11 Å². The number of halogens is 3. The number of nitrogens with zero attached hydrogens (tertiary/aromatic N) is 2. The van der Waals surface area contributed by atoms with Crippen molar-refractivity contribution in [3.05, 3.63) is 30.7 Å². The summed E-state index contributed by atoms with van der Waals surface area (Å²) < 4.78 is 36.8. The van der Waals surface area contributed by atoms with E-state index >= 15 is 0 Å². The van der Waals surface area contributed by atoms with Gasteiger partial charge >= 0.3 is 12.1 Å². The molecular formula is C11H9F3N2O3. The standard InChI is InChI=1S/C9H8N2O.C2HF3O2/c1-12-8-2-3-9-7(4-8)5-10-6-11-9;3-2(4,5)1(6)7/h2-6H,1H3;(H,6,7). The Bertz CT molecular complexity index is 572. The maximum Gasteiger partial charge on any atom is 0.490 e. The van der Waals surface area contributed by atoms with Crippen molar-refractivity contribution >= 4 is 16.9 Å². The average molecular weight is 274 g/mol. The summed E-state index contributed by atoms with van der Waals surface area (Å²) in [7, 11) is 1.64. The molecule has 1 N–H and O–H groups in total. The van der Waals surface area contributed by atoms with Crippen molar-refractivity contribution in [1.82, 2.24) is 9.97 Å². The molecule has 2 aromatic rings. The second-order valence-corrected chi connectivity index (χ2v) is 3.25. The Labute approximate surface area is 105 Å². The van der Waals surface area contributed by atoms with Crippen molar-refractivity contribution in [3.63, 3.8) is 0 Å². The number of aromatic nitrogens is 2. The highest BCUT2D eigenvalue weighted by molar-refractivity contribution is 5.78. The summed E-state index contributed by atoms with van der Waals surface area (Å²) in [6.07, 6.45) is -1.78. The minimum atomic E-state index is -5.08. The van der Waals surface area contributed by atoms with E-state index in [1.165, 1.54) is 6.33 Å². The molecule has 0 fully saturated rings. The molecule has 0 aliphatic heterocycles. The molecule has 0 spiro atoms. The fourth-order valence-electron chi connectivity index (χ4n) is 1.09. The molecule has 0 bridgehead atoms. The van der Waals surface area contributed by atoms with Gasteiger partial charge in [-0.25, -0.2) is 14.8 Å². The first-order chi connectivity index (χ1) is 8.84. The van der Waals surface area contributed by atoms with Gasteiger partial charge in [-0.1, -0.05) is 0 Å². The predicted octanol–water partition coefficient (Wildman–Crippen LogP) is 2.27. The van der Waals surface area contributed by atoms with E-state index in [1.807, 2.05) is 18.2 Å². The highest BCUT2D eigenvalue weighted by atomic mass is 19.4. The number of rotatable bonds is 1. The summed E-state index contributed by atoms with van der Waals surface area (Å²) in [5.74, 6) is -1.93. The topological polar surface area (TPSA) is 72.3 Å². The van der Waals surface area contributed by atoms with Crippen molar-refractivity contribution < 1.29 is 27.8 Å². The van der Waals surface area contributed by atoms with Gasteiger partial charge in [0.25, 0.3) is 0 Å². The second kappa shape index (κ2) is 5.98. The van der Waals surface area contributed by atoms with Gasteiger partial charge in [-0.15, -0.1) is 0 Å². The second-order valence-electron chi connectivity index (χ2n) is 3.25. The lowest BCUT2D eigenvalue weighted by molar-refractivity contribution is -0.192. The molecule has 19 heavy (non-hydrogen) atoms. The van der Waals surface area contributed by atoms with E-state index in [4.69, 9.17) is 14.6 Å². The van der Waals surface area contributed by atoms with Crippen LogP contribution in [0.3, 0.4) is 0 Å². The van der Waals surface area contributed by atoms with Crippen LogP contribution in [-0.4, -0.2) is 34.3 Å². The zero-order valence-electron chi connectivity index (χ0n) is 9.68. The number of benzene rings is 1. The number of methoxy groups -OCH3 is 1. The minimum Gasteiger partial charge on any atom is -0.497 e. The van der Waals surface area contributed by atoms with E-state index in [-0.39, 0.29) is 0 Å². The third-order valence-electron chi connectivity index (χ3n) is 1.95. The first-order valence-corrected chi connectivity index (χ1v) is 4.88. The van der Waals surface area contributed by atoms with E-state index in [1.54, 1.807) is 13.3 Å². The Hall–Kier alpha value is -2.38. The van der Waals surface area contributed by atoms with Crippen LogP contribution in [0, 0.1) is 0 Å². The van der Waals surface area contributed by atoms with Crippen LogP contribution < -0.4 is 4.74 Å². The molecule has 0 unspecified atom stereocenters. The number of carboxylic acid groups (broad SMARTS) is 1. The molecule has 0 radical (unpaired) electrons. The van der Waals surface area contributed by atoms with E-state index in [0.29, 0.717) is 0 Å². The van der Waals surface area contributed by atoms with Gasteiger partial charge in [-0.05, 0) is 18.2 Å². The number of carboxylic acids is 1. The van der Waals surface area contributed by atoms with Gasteiger partial charge in [-0.3, -0.25) is 0 Å². The predicted molar refractivity (Wildman–Crippen MR) is 59.8 cm³/mol. The van der Waals surface area contributed by atoms with Gasteiger partial charge in [-0.2, -0.15) is 13.2 Å². The molecule has 2 rings (SSSR count). The number of alkyl halides is 3. The highest BCUT2D eigenvalue weighted by Gasteiger charge is 2.38. The van der Waals surface area contributed by atoms with Crippen molar-refractivity contribution in [1.29, 1.82) is 0 Å². The van der Waals surface area contributed by atoms with Crippen LogP contribution in [0.15, 0.2) is 30.7 Å². The molecule has 1 heterocycles. The molecule has 8 heteroatoms. The molecule has 0 saturated carbocycles. The van der Waals surface area contributed by atoms with Gasteiger partial charge in [0.1, 0.15) is 12.1 Å². The first-order valence-electron chi connectivity index (χ1n) is 4.88. The smallest absolute Gasteiger partial charge is 0.490 e. The Morgan fingerprint density at radius 1 is 1.37 bits per heavy atom. The zero-order chi connectivity index (χ0) is 14.5. The molecular weight excluding hydrogens is 265 g/mol. The zero-order valence-corrected chi connectivity index (χ0v) is 9.68. The monoisotopic (exact) mass is 274 g/mol. The molecule has 102 valence electrons. The number of fused-ring (bicyclic) bond motifs is 1. The summed E-state index contributed by atoms with van der Waals surface area (Å²) in [6.45, 7) is 0. The van der Waals surface area contributed by atoms with Crippen LogP contribution in [0.5, 0.6) is 5.75 Å². The first kappa shape index (κ1) is 14.7. The molecule has 0 amide bonds. The Balaban J connectivity index is 0.000000224. The number of aliphatic carboxylic acids is 1. The van der Waals surface area contributed by atoms with Crippen LogP contribution >= 0.6 is 0 Å². The van der Waals surface area contributed by atoms with Crippen molar-refractivity contribution in [2.24, 2.45) is 0 Å². The van der Waals surface area contributed by atoms with Crippen molar-refractivity contribution in [2.45, 2.75) is 6.18 Å². The van der Waals surface area contributed by atoms with Crippen LogP contribution in [0.1, 0.15) is 0 Å². The molecule has 0 saturated heterocycles. The fourth-order valence-corrected chi connectivity index (χ4v) is 1.09. The number of hydrogen-bond acceptors (Lipinski definition) is 4. The SMILES string of the molecule is COc1ccc2ncncc2c1.O=C(O)C(F)(F)F. The number of ether oxygens (including phenoxy) is 1. The molecule has 1 aromatic carbocycles. The van der Waals surface area contributed by atoms with Gasteiger partial charge in [0.15, 0.2) is 0 Å². The Kier molecular flexibility index (Phi) is 4.62. The number of carbonyl (C=O) groups is 1. The number of hydrogen-bond donors (Lipinski definition) is 1. The van der Waals surface area contributed by atoms with E-state index in [0.717, 1.165) is 16.7 Å².